The van der Waals surface area contributed by atoms with Crippen molar-refractivity contribution in [2.45, 2.75) is 38.6 Å². The normalized spacial score (nSPS) is 17.0. The lowest BCUT2D eigenvalue weighted by atomic mass is 10.00. The van der Waals surface area contributed by atoms with Crippen molar-refractivity contribution in [2.75, 3.05) is 23.3 Å². The lowest BCUT2D eigenvalue weighted by molar-refractivity contribution is 0.717. The minimum atomic E-state index is 0.641. The van der Waals surface area contributed by atoms with E-state index >= 15 is 0 Å². The zero-order valence-electron chi connectivity index (χ0n) is 13.3. The summed E-state index contributed by atoms with van der Waals surface area (Å²) in [6.07, 6.45) is 3.59. The molecule has 1 N–H and O–H groups in total. The van der Waals surface area contributed by atoms with Crippen LogP contribution in [0.5, 0.6) is 0 Å². The van der Waals surface area contributed by atoms with Crippen LogP contribution in [0.2, 0.25) is 0 Å². The topological polar surface area (TPSA) is 41.1 Å². The highest BCUT2D eigenvalue weighted by Crippen LogP contribution is 2.40. The smallest absolute Gasteiger partial charge is 0.224 e. The van der Waals surface area contributed by atoms with E-state index in [1.807, 2.05) is 0 Å². The minimum Gasteiger partial charge on any atom is -0.354 e. The minimum absolute atomic E-state index is 0.641. The van der Waals surface area contributed by atoms with Crippen molar-refractivity contribution < 1.29 is 0 Å². The maximum absolute atomic E-state index is 4.74. The molecule has 0 amide bonds. The number of benzene rings is 1. The van der Waals surface area contributed by atoms with Gasteiger partial charge in [0.15, 0.2) is 0 Å². The van der Waals surface area contributed by atoms with Crippen LogP contribution in [0.4, 0.5) is 11.8 Å². The molecular weight excluding hydrogens is 352 g/mol. The third-order valence-electron chi connectivity index (χ3n) is 4.57. The van der Waals surface area contributed by atoms with Crippen molar-refractivity contribution >= 4 is 27.7 Å². The number of nitrogens with one attached hydrogen (secondary N) is 1. The Morgan fingerprint density at radius 1 is 1.22 bits per heavy atom. The van der Waals surface area contributed by atoms with Crippen LogP contribution in [0, 0.1) is 0 Å². The van der Waals surface area contributed by atoms with E-state index in [0.717, 1.165) is 42.3 Å². The Kier molecular flexibility index (Phi) is 3.97. The summed E-state index contributed by atoms with van der Waals surface area (Å²) < 4.78 is 1.16. The highest BCUT2D eigenvalue weighted by atomic mass is 79.9. The van der Waals surface area contributed by atoms with Gasteiger partial charge in [0.25, 0.3) is 0 Å². The van der Waals surface area contributed by atoms with Crippen molar-refractivity contribution in [3.63, 3.8) is 0 Å². The summed E-state index contributed by atoms with van der Waals surface area (Å²) in [7, 11) is 0. The molecular formula is C18H21BrN4. The fourth-order valence-electron chi connectivity index (χ4n) is 3.16. The highest BCUT2D eigenvalue weighted by molar-refractivity contribution is 9.10. The fourth-order valence-corrected chi connectivity index (χ4v) is 3.57. The predicted molar refractivity (Wildman–Crippen MR) is 97.1 cm³/mol. The average Bonchev–Trinajstić information content (AvgIpc) is 3.39. The van der Waals surface area contributed by atoms with Crippen LogP contribution in [0.1, 0.15) is 42.5 Å². The molecule has 0 saturated heterocycles. The highest BCUT2D eigenvalue weighted by Gasteiger charge is 2.27. The summed E-state index contributed by atoms with van der Waals surface area (Å²) in [5.74, 6) is 2.47. The van der Waals surface area contributed by atoms with Gasteiger partial charge >= 0.3 is 0 Å². The number of rotatable bonds is 4. The number of fused-ring (bicyclic) bond motifs is 1. The summed E-state index contributed by atoms with van der Waals surface area (Å²) >= 11 is 3.57. The maximum atomic E-state index is 4.74. The number of anilines is 2. The second-order valence-corrected chi connectivity index (χ2v) is 7.28. The summed E-state index contributed by atoms with van der Waals surface area (Å²) in [6, 6.07) is 8.79. The summed E-state index contributed by atoms with van der Waals surface area (Å²) in [6.45, 7) is 4.87. The number of halogens is 1. The van der Waals surface area contributed by atoms with Crippen LogP contribution in [-0.4, -0.2) is 23.1 Å². The van der Waals surface area contributed by atoms with Gasteiger partial charge in [0, 0.05) is 36.1 Å². The van der Waals surface area contributed by atoms with Gasteiger partial charge in [-0.2, -0.15) is 4.98 Å². The Morgan fingerprint density at radius 3 is 2.87 bits per heavy atom. The zero-order valence-corrected chi connectivity index (χ0v) is 14.9. The SMILES string of the molecule is CCNc1nc(C2CC2)cc(N2CCc3cc(Br)ccc3C2)n1. The molecule has 1 saturated carbocycles. The Morgan fingerprint density at radius 2 is 2.09 bits per heavy atom. The van der Waals surface area contributed by atoms with Crippen LogP contribution < -0.4 is 10.2 Å². The molecule has 0 spiro atoms. The second-order valence-electron chi connectivity index (χ2n) is 6.36. The van der Waals surface area contributed by atoms with Crippen molar-refractivity contribution in [1.29, 1.82) is 0 Å². The second kappa shape index (κ2) is 6.11. The third kappa shape index (κ3) is 3.20. The number of hydrogen-bond donors (Lipinski definition) is 1. The van der Waals surface area contributed by atoms with Gasteiger partial charge < -0.3 is 10.2 Å². The first-order valence-electron chi connectivity index (χ1n) is 8.38. The first-order valence-corrected chi connectivity index (χ1v) is 9.17. The molecule has 2 aliphatic rings. The first-order chi connectivity index (χ1) is 11.2. The molecule has 120 valence electrons. The summed E-state index contributed by atoms with van der Waals surface area (Å²) in [5.41, 5.74) is 4.04. The fraction of sp³-hybridized carbons (Fsp3) is 0.444. The zero-order chi connectivity index (χ0) is 15.8. The van der Waals surface area contributed by atoms with Crippen LogP contribution in [-0.2, 0) is 13.0 Å². The van der Waals surface area contributed by atoms with Crippen LogP contribution in [0.15, 0.2) is 28.7 Å². The van der Waals surface area contributed by atoms with Crippen molar-refractivity contribution in [3.05, 3.63) is 45.6 Å². The van der Waals surface area contributed by atoms with Crippen molar-refractivity contribution in [2.24, 2.45) is 0 Å². The molecule has 1 aromatic carbocycles. The van der Waals surface area contributed by atoms with Gasteiger partial charge in [-0.15, -0.1) is 0 Å². The number of hydrogen-bond acceptors (Lipinski definition) is 4. The molecule has 1 fully saturated rings. The Bertz CT molecular complexity index is 727. The standard InChI is InChI=1S/C18H21BrN4/c1-2-20-18-21-16(12-3-4-12)10-17(22-18)23-8-7-13-9-15(19)6-5-14(13)11-23/h5-6,9-10,12H,2-4,7-8,11H2,1H3,(H,20,21,22). The molecule has 2 heterocycles. The molecule has 23 heavy (non-hydrogen) atoms. The van der Waals surface area contributed by atoms with E-state index in [4.69, 9.17) is 4.98 Å². The molecule has 0 unspecified atom stereocenters. The van der Waals surface area contributed by atoms with Gasteiger partial charge in [-0.05, 0) is 49.4 Å². The molecule has 1 aromatic heterocycles. The van der Waals surface area contributed by atoms with Gasteiger partial charge in [0.05, 0.1) is 5.69 Å². The quantitative estimate of drug-likeness (QED) is 0.876. The molecule has 4 rings (SSSR count). The molecule has 1 aliphatic heterocycles. The van der Waals surface area contributed by atoms with Gasteiger partial charge in [0.2, 0.25) is 5.95 Å². The van der Waals surface area contributed by atoms with Crippen molar-refractivity contribution in [3.8, 4) is 0 Å². The summed E-state index contributed by atoms with van der Waals surface area (Å²) in [4.78, 5) is 11.8. The van der Waals surface area contributed by atoms with E-state index in [1.165, 1.54) is 29.7 Å². The molecule has 0 radical (unpaired) electrons. The van der Waals surface area contributed by atoms with Crippen LogP contribution >= 0.6 is 15.9 Å². The molecule has 4 nitrogen and oxygen atoms in total. The summed E-state index contributed by atoms with van der Waals surface area (Å²) in [5, 5.41) is 3.28. The Hall–Kier alpha value is -1.62. The van der Waals surface area contributed by atoms with E-state index < -0.39 is 0 Å². The lowest BCUT2D eigenvalue weighted by Gasteiger charge is -2.30. The van der Waals surface area contributed by atoms with Gasteiger partial charge in [-0.3, -0.25) is 0 Å². The van der Waals surface area contributed by atoms with E-state index in [2.05, 4.69) is 62.3 Å². The molecule has 5 heteroatoms. The monoisotopic (exact) mass is 372 g/mol. The molecule has 0 atom stereocenters. The van der Waals surface area contributed by atoms with E-state index in [0.29, 0.717) is 5.92 Å². The average molecular weight is 373 g/mol. The van der Waals surface area contributed by atoms with Gasteiger partial charge in [-0.25, -0.2) is 4.98 Å². The van der Waals surface area contributed by atoms with E-state index in [1.54, 1.807) is 0 Å². The molecule has 0 bridgehead atoms. The molecule has 1 aliphatic carbocycles. The number of aromatic nitrogens is 2. The maximum Gasteiger partial charge on any atom is 0.224 e. The Labute approximate surface area is 145 Å². The van der Waals surface area contributed by atoms with Crippen LogP contribution in [0.25, 0.3) is 0 Å². The van der Waals surface area contributed by atoms with Gasteiger partial charge in [-0.1, -0.05) is 22.0 Å². The van der Waals surface area contributed by atoms with E-state index in [9.17, 15) is 0 Å². The van der Waals surface area contributed by atoms with E-state index in [-0.39, 0.29) is 0 Å². The first kappa shape index (κ1) is 14.9. The third-order valence-corrected chi connectivity index (χ3v) is 5.06. The largest absolute Gasteiger partial charge is 0.354 e. The predicted octanol–water partition coefficient (Wildman–Crippen LogP) is 4.11. The lowest BCUT2D eigenvalue weighted by Crippen LogP contribution is -2.31. The van der Waals surface area contributed by atoms with Crippen LogP contribution in [0.3, 0.4) is 0 Å². The Balaban J connectivity index is 1.63. The number of nitrogens with zero attached hydrogens (tertiary/aromatic N) is 3. The van der Waals surface area contributed by atoms with Crippen molar-refractivity contribution in [1.82, 2.24) is 9.97 Å². The van der Waals surface area contributed by atoms with Gasteiger partial charge in [0.1, 0.15) is 5.82 Å². The molecule has 2 aromatic rings.